The fourth-order valence-corrected chi connectivity index (χ4v) is 5.57. The zero-order valence-corrected chi connectivity index (χ0v) is 14.8. The van der Waals surface area contributed by atoms with E-state index in [9.17, 15) is 4.79 Å². The van der Waals surface area contributed by atoms with Crippen molar-refractivity contribution in [2.75, 3.05) is 4.90 Å². The molecule has 2 fully saturated rings. The quantitative estimate of drug-likeness (QED) is 0.641. The van der Waals surface area contributed by atoms with Crippen molar-refractivity contribution in [3.63, 3.8) is 0 Å². The molecule has 3 heterocycles. The number of esters is 1. The van der Waals surface area contributed by atoms with Gasteiger partial charge in [-0.15, -0.1) is 0 Å². The van der Waals surface area contributed by atoms with Crippen molar-refractivity contribution in [1.82, 2.24) is 0 Å². The van der Waals surface area contributed by atoms with E-state index in [4.69, 9.17) is 4.74 Å². The first-order chi connectivity index (χ1) is 13.3. The second kappa shape index (κ2) is 5.01. The maximum absolute atomic E-state index is 13.5. The van der Waals surface area contributed by atoms with E-state index >= 15 is 0 Å². The number of fused-ring (bicyclic) bond motifs is 1. The Kier molecular flexibility index (Phi) is 2.79. The van der Waals surface area contributed by atoms with Crippen LogP contribution in [0.5, 0.6) is 0 Å². The molecule has 3 atom stereocenters. The van der Waals surface area contributed by atoms with E-state index in [1.165, 1.54) is 5.56 Å². The first-order valence-corrected chi connectivity index (χ1v) is 9.49. The molecule has 27 heavy (non-hydrogen) atoms. The minimum absolute atomic E-state index is 0.122. The molecule has 3 aromatic carbocycles. The van der Waals surface area contributed by atoms with Gasteiger partial charge in [-0.2, -0.15) is 0 Å². The number of anilines is 1. The lowest BCUT2D eigenvalue weighted by Crippen LogP contribution is -2.52. The Hall–Kier alpha value is -3.07. The van der Waals surface area contributed by atoms with E-state index in [1.54, 1.807) is 0 Å². The summed E-state index contributed by atoms with van der Waals surface area (Å²) in [7, 11) is 0. The van der Waals surface area contributed by atoms with E-state index < -0.39 is 11.3 Å². The molecule has 3 aromatic rings. The SMILES string of the molecule is O=C1O[C@]2(c3ccccc3)C[C@H]3Cc4ccccc4N2[C@@]13c1ccccc1. The van der Waals surface area contributed by atoms with Crippen molar-refractivity contribution in [1.29, 1.82) is 0 Å². The molecule has 0 aromatic heterocycles. The molecule has 0 N–H and O–H groups in total. The number of carbonyl (C=O) groups excluding carboxylic acids is 1. The fourth-order valence-electron chi connectivity index (χ4n) is 5.57. The van der Waals surface area contributed by atoms with Gasteiger partial charge >= 0.3 is 5.97 Å². The van der Waals surface area contributed by atoms with Crippen LogP contribution >= 0.6 is 0 Å². The minimum atomic E-state index is -0.745. The molecule has 3 aliphatic heterocycles. The molecule has 0 aliphatic carbocycles. The van der Waals surface area contributed by atoms with Gasteiger partial charge in [0.05, 0.1) is 0 Å². The van der Waals surface area contributed by atoms with Crippen molar-refractivity contribution < 1.29 is 9.53 Å². The molecule has 0 amide bonds. The molecule has 0 saturated carbocycles. The van der Waals surface area contributed by atoms with Gasteiger partial charge in [0.1, 0.15) is 0 Å². The molecule has 4 bridgehead atoms. The summed E-state index contributed by atoms with van der Waals surface area (Å²) in [6.07, 6.45) is 1.71. The standard InChI is InChI=1S/C24H19NO2/c26-22-24(19-12-5-2-6-13-19)20-15-17-9-7-8-14-21(17)25(24)23(16-20,27-22)18-10-3-1-4-11-18/h1-14,20H,15-16H2/t20-,23+,24-/m1/s1. The molecule has 2 saturated heterocycles. The summed E-state index contributed by atoms with van der Waals surface area (Å²) in [6, 6.07) is 28.8. The lowest BCUT2D eigenvalue weighted by molar-refractivity contribution is -0.161. The lowest BCUT2D eigenvalue weighted by Gasteiger charge is -2.42. The van der Waals surface area contributed by atoms with E-state index in [2.05, 4.69) is 53.4 Å². The van der Waals surface area contributed by atoms with Gasteiger partial charge in [-0.25, -0.2) is 4.79 Å². The highest BCUT2D eigenvalue weighted by atomic mass is 16.6. The van der Waals surface area contributed by atoms with Crippen LogP contribution in [0.1, 0.15) is 23.1 Å². The summed E-state index contributed by atoms with van der Waals surface area (Å²) >= 11 is 0. The van der Waals surface area contributed by atoms with Crippen LogP contribution in [0.2, 0.25) is 0 Å². The van der Waals surface area contributed by atoms with E-state index in [1.807, 2.05) is 36.4 Å². The largest absolute Gasteiger partial charge is 0.432 e. The smallest absolute Gasteiger partial charge is 0.339 e. The van der Waals surface area contributed by atoms with Gasteiger partial charge in [-0.3, -0.25) is 0 Å². The fraction of sp³-hybridized carbons (Fsp3) is 0.208. The normalized spacial score (nSPS) is 30.1. The van der Waals surface area contributed by atoms with Crippen molar-refractivity contribution >= 4 is 11.7 Å². The van der Waals surface area contributed by atoms with Crippen molar-refractivity contribution in [2.24, 2.45) is 5.92 Å². The predicted octanol–water partition coefficient (Wildman–Crippen LogP) is 4.37. The third-order valence-electron chi connectivity index (χ3n) is 6.54. The van der Waals surface area contributed by atoms with Crippen LogP contribution in [0.25, 0.3) is 0 Å². The zero-order valence-electron chi connectivity index (χ0n) is 14.8. The number of rotatable bonds is 2. The van der Waals surface area contributed by atoms with Crippen LogP contribution in [-0.4, -0.2) is 5.97 Å². The van der Waals surface area contributed by atoms with Gasteiger partial charge < -0.3 is 9.64 Å². The lowest BCUT2D eigenvalue weighted by atomic mass is 9.72. The van der Waals surface area contributed by atoms with Crippen LogP contribution in [0.3, 0.4) is 0 Å². The molecule has 0 radical (unpaired) electrons. The summed E-state index contributed by atoms with van der Waals surface area (Å²) in [5, 5.41) is 0. The Morgan fingerprint density at radius 1 is 0.815 bits per heavy atom. The van der Waals surface area contributed by atoms with Gasteiger partial charge in [0, 0.05) is 23.6 Å². The molecule has 6 rings (SSSR count). The molecular formula is C24H19NO2. The average molecular weight is 353 g/mol. The number of hydrogen-bond donors (Lipinski definition) is 0. The van der Waals surface area contributed by atoms with Gasteiger partial charge in [0.15, 0.2) is 5.54 Å². The van der Waals surface area contributed by atoms with Crippen LogP contribution in [0.15, 0.2) is 84.9 Å². The van der Waals surface area contributed by atoms with Crippen LogP contribution in [-0.2, 0) is 27.2 Å². The van der Waals surface area contributed by atoms with E-state index in [-0.39, 0.29) is 11.9 Å². The molecular weight excluding hydrogens is 334 g/mol. The highest BCUT2D eigenvalue weighted by Gasteiger charge is 2.75. The molecule has 0 unspecified atom stereocenters. The van der Waals surface area contributed by atoms with Crippen molar-refractivity contribution in [3.8, 4) is 0 Å². The topological polar surface area (TPSA) is 29.5 Å². The monoisotopic (exact) mass is 353 g/mol. The van der Waals surface area contributed by atoms with E-state index in [0.29, 0.717) is 0 Å². The molecule has 3 heteroatoms. The zero-order chi connectivity index (χ0) is 18.1. The summed E-state index contributed by atoms with van der Waals surface area (Å²) in [5.74, 6) is 0.0690. The second-order valence-corrected chi connectivity index (χ2v) is 7.74. The van der Waals surface area contributed by atoms with Crippen LogP contribution < -0.4 is 4.90 Å². The summed E-state index contributed by atoms with van der Waals surface area (Å²) in [5.41, 5.74) is 3.02. The Morgan fingerprint density at radius 2 is 1.44 bits per heavy atom. The van der Waals surface area contributed by atoms with Gasteiger partial charge in [-0.1, -0.05) is 78.9 Å². The van der Waals surface area contributed by atoms with Gasteiger partial charge in [0.2, 0.25) is 5.72 Å². The molecule has 3 nitrogen and oxygen atoms in total. The third-order valence-corrected chi connectivity index (χ3v) is 6.54. The number of nitrogens with zero attached hydrogens (tertiary/aromatic N) is 1. The Morgan fingerprint density at radius 3 is 2.19 bits per heavy atom. The Bertz CT molecular complexity index is 1050. The Labute approximate surface area is 158 Å². The number of hydrogen-bond acceptors (Lipinski definition) is 3. The van der Waals surface area contributed by atoms with E-state index in [0.717, 1.165) is 29.7 Å². The first-order valence-electron chi connectivity index (χ1n) is 9.49. The number of carbonyl (C=O) groups is 1. The second-order valence-electron chi connectivity index (χ2n) is 7.74. The van der Waals surface area contributed by atoms with Crippen LogP contribution in [0, 0.1) is 5.92 Å². The minimum Gasteiger partial charge on any atom is -0.432 e. The maximum Gasteiger partial charge on any atom is 0.339 e. The number of ether oxygens (including phenoxy) is 1. The highest BCUT2D eigenvalue weighted by Crippen LogP contribution is 2.66. The average Bonchev–Trinajstić information content (AvgIpc) is 3.10. The third kappa shape index (κ3) is 1.65. The highest BCUT2D eigenvalue weighted by molar-refractivity contribution is 5.95. The molecule has 3 aliphatic rings. The van der Waals surface area contributed by atoms with Crippen LogP contribution in [0.4, 0.5) is 5.69 Å². The molecule has 132 valence electrons. The summed E-state index contributed by atoms with van der Waals surface area (Å²) < 4.78 is 6.25. The summed E-state index contributed by atoms with van der Waals surface area (Å²) in [6.45, 7) is 0. The summed E-state index contributed by atoms with van der Waals surface area (Å²) in [4.78, 5) is 15.8. The predicted molar refractivity (Wildman–Crippen MR) is 103 cm³/mol. The first kappa shape index (κ1) is 15.0. The Balaban J connectivity index is 1.69. The number of benzene rings is 3. The van der Waals surface area contributed by atoms with Crippen molar-refractivity contribution in [3.05, 3.63) is 102 Å². The van der Waals surface area contributed by atoms with Gasteiger partial charge in [0.25, 0.3) is 0 Å². The molecule has 0 spiro atoms. The van der Waals surface area contributed by atoms with Crippen molar-refractivity contribution in [2.45, 2.75) is 24.1 Å². The number of para-hydroxylation sites is 1. The van der Waals surface area contributed by atoms with Gasteiger partial charge in [-0.05, 0) is 23.6 Å². The maximum atomic E-state index is 13.5.